The summed E-state index contributed by atoms with van der Waals surface area (Å²) >= 11 is 0. The van der Waals surface area contributed by atoms with Gasteiger partial charge in [0.15, 0.2) is 0 Å². The van der Waals surface area contributed by atoms with Crippen molar-refractivity contribution in [2.75, 3.05) is 26.2 Å². The predicted octanol–water partition coefficient (Wildman–Crippen LogP) is 2.80. The number of aliphatic carboxylic acids is 1. The Morgan fingerprint density at radius 3 is 1.06 bits per heavy atom. The van der Waals surface area contributed by atoms with Gasteiger partial charge in [0.05, 0.1) is 0 Å². The van der Waals surface area contributed by atoms with E-state index < -0.39 is 5.97 Å². The van der Waals surface area contributed by atoms with Crippen LogP contribution < -0.4 is 21.3 Å². The molecule has 0 heterocycles. The maximum Gasteiger partial charge on any atom is 0.303 e. The Bertz CT molecular complexity index is 590. The Morgan fingerprint density at radius 2 is 0.750 bits per heavy atom. The van der Waals surface area contributed by atoms with E-state index in [9.17, 15) is 24.0 Å². The van der Waals surface area contributed by atoms with Crippen molar-refractivity contribution < 1.29 is 29.1 Å². The zero-order chi connectivity index (χ0) is 26.9. The van der Waals surface area contributed by atoms with Crippen LogP contribution >= 0.6 is 0 Å². The standard InChI is InChI=1S/C26H48N4O6/c1-22(31)27-18-10-2-6-14-23(32)28-19-11-3-7-15-24(33)29-20-12-4-8-16-25(34)30-21-13-5-9-17-26(35)36/h2-21H2,1H3,(H,27,31)(H,28,32)(H,29,33)(H,30,34)(H,35,36). The average Bonchev–Trinajstić information content (AvgIpc) is 2.82. The smallest absolute Gasteiger partial charge is 0.303 e. The lowest BCUT2D eigenvalue weighted by atomic mass is 10.1. The Hall–Kier alpha value is -2.65. The Labute approximate surface area is 216 Å². The molecule has 208 valence electrons. The lowest BCUT2D eigenvalue weighted by Crippen LogP contribution is -2.25. The first kappa shape index (κ1) is 33.4. The van der Waals surface area contributed by atoms with Crippen LogP contribution in [-0.2, 0) is 24.0 Å². The SMILES string of the molecule is CC(=O)NCCCCCC(=O)NCCCCCC(=O)NCCCCCC(=O)NCCCCCC(=O)O. The van der Waals surface area contributed by atoms with Gasteiger partial charge in [-0.25, -0.2) is 0 Å². The number of rotatable bonds is 24. The van der Waals surface area contributed by atoms with E-state index in [0.717, 1.165) is 70.6 Å². The van der Waals surface area contributed by atoms with E-state index in [1.54, 1.807) is 0 Å². The van der Waals surface area contributed by atoms with Crippen LogP contribution in [-0.4, -0.2) is 60.9 Å². The van der Waals surface area contributed by atoms with Gasteiger partial charge in [-0.05, 0) is 51.4 Å². The van der Waals surface area contributed by atoms with Gasteiger partial charge in [-0.2, -0.15) is 0 Å². The second-order valence-corrected chi connectivity index (χ2v) is 9.17. The molecule has 4 amide bonds. The molecule has 0 atom stereocenters. The fraction of sp³-hybridized carbons (Fsp3) is 0.808. The normalized spacial score (nSPS) is 10.5. The third-order valence-electron chi connectivity index (χ3n) is 5.65. The van der Waals surface area contributed by atoms with Crippen molar-refractivity contribution in [3.05, 3.63) is 0 Å². The van der Waals surface area contributed by atoms with E-state index >= 15 is 0 Å². The molecule has 0 fully saturated rings. The summed E-state index contributed by atoms with van der Waals surface area (Å²) in [4.78, 5) is 56.6. The summed E-state index contributed by atoms with van der Waals surface area (Å²) in [5, 5.41) is 20.0. The minimum absolute atomic E-state index is 0.0205. The van der Waals surface area contributed by atoms with Crippen molar-refractivity contribution in [3.8, 4) is 0 Å². The summed E-state index contributed by atoms with van der Waals surface area (Å²) in [7, 11) is 0. The minimum atomic E-state index is -0.784. The van der Waals surface area contributed by atoms with Crippen LogP contribution in [0, 0.1) is 0 Å². The molecule has 0 aromatic heterocycles. The molecule has 0 aliphatic carbocycles. The molecule has 0 aliphatic rings. The van der Waals surface area contributed by atoms with Crippen LogP contribution in [0.15, 0.2) is 0 Å². The van der Waals surface area contributed by atoms with Gasteiger partial charge in [0.25, 0.3) is 0 Å². The number of carboxylic acid groups (broad SMARTS) is 1. The molecule has 5 N–H and O–H groups in total. The molecule has 0 radical (unpaired) electrons. The highest BCUT2D eigenvalue weighted by Gasteiger charge is 2.04. The predicted molar refractivity (Wildman–Crippen MR) is 139 cm³/mol. The van der Waals surface area contributed by atoms with Crippen molar-refractivity contribution in [1.82, 2.24) is 21.3 Å². The van der Waals surface area contributed by atoms with E-state index in [-0.39, 0.29) is 30.0 Å². The molecule has 0 saturated heterocycles. The summed E-state index contributed by atoms with van der Waals surface area (Å²) in [5.41, 5.74) is 0. The third-order valence-corrected chi connectivity index (χ3v) is 5.65. The fourth-order valence-electron chi connectivity index (χ4n) is 3.55. The summed E-state index contributed by atoms with van der Waals surface area (Å²) in [5.74, 6) is -0.697. The molecule has 0 aliphatic heterocycles. The van der Waals surface area contributed by atoms with Crippen LogP contribution in [0.3, 0.4) is 0 Å². The quantitative estimate of drug-likeness (QED) is 0.125. The van der Waals surface area contributed by atoms with Crippen LogP contribution in [0.1, 0.15) is 110 Å². The summed E-state index contributed by atoms with van der Waals surface area (Å²) < 4.78 is 0. The lowest BCUT2D eigenvalue weighted by molar-refractivity contribution is -0.137. The van der Waals surface area contributed by atoms with Gasteiger partial charge < -0.3 is 26.4 Å². The largest absolute Gasteiger partial charge is 0.481 e. The van der Waals surface area contributed by atoms with Gasteiger partial charge in [-0.3, -0.25) is 24.0 Å². The first-order valence-corrected chi connectivity index (χ1v) is 13.6. The topological polar surface area (TPSA) is 154 Å². The second-order valence-electron chi connectivity index (χ2n) is 9.17. The maximum atomic E-state index is 11.9. The number of hydrogen-bond acceptors (Lipinski definition) is 5. The number of carboxylic acids is 1. The monoisotopic (exact) mass is 512 g/mol. The molecule has 0 bridgehead atoms. The Kier molecular flexibility index (Phi) is 22.3. The molecule has 0 saturated carbocycles. The number of nitrogens with one attached hydrogen (secondary N) is 4. The van der Waals surface area contributed by atoms with Crippen LogP contribution in [0.5, 0.6) is 0 Å². The maximum absolute atomic E-state index is 11.9. The first-order chi connectivity index (χ1) is 17.3. The van der Waals surface area contributed by atoms with Gasteiger partial charge >= 0.3 is 5.97 Å². The molecule has 0 rings (SSSR count). The number of amides is 4. The number of unbranched alkanes of at least 4 members (excludes halogenated alkanes) is 8. The van der Waals surface area contributed by atoms with Gasteiger partial charge in [-0.15, -0.1) is 0 Å². The molecule has 0 unspecified atom stereocenters. The highest BCUT2D eigenvalue weighted by Crippen LogP contribution is 2.03. The van der Waals surface area contributed by atoms with Gasteiger partial charge in [0, 0.05) is 58.8 Å². The van der Waals surface area contributed by atoms with Gasteiger partial charge in [0.2, 0.25) is 23.6 Å². The number of hydrogen-bond donors (Lipinski definition) is 5. The van der Waals surface area contributed by atoms with Crippen molar-refractivity contribution in [1.29, 1.82) is 0 Å². The molecule has 10 heteroatoms. The van der Waals surface area contributed by atoms with Gasteiger partial charge in [-0.1, -0.05) is 25.7 Å². The third kappa shape index (κ3) is 26.0. The highest BCUT2D eigenvalue weighted by atomic mass is 16.4. The summed E-state index contributed by atoms with van der Waals surface area (Å²) in [6.07, 6.45) is 11.5. The van der Waals surface area contributed by atoms with E-state index in [1.165, 1.54) is 6.92 Å². The molecular weight excluding hydrogens is 464 g/mol. The van der Waals surface area contributed by atoms with Crippen molar-refractivity contribution >= 4 is 29.6 Å². The second kappa shape index (κ2) is 24.1. The molecular formula is C26H48N4O6. The van der Waals surface area contributed by atoms with E-state index in [0.29, 0.717) is 51.9 Å². The molecule has 0 spiro atoms. The summed E-state index contributed by atoms with van der Waals surface area (Å²) in [6.45, 7) is 3.98. The van der Waals surface area contributed by atoms with Crippen molar-refractivity contribution in [2.24, 2.45) is 0 Å². The van der Waals surface area contributed by atoms with Crippen molar-refractivity contribution in [2.45, 2.75) is 110 Å². The Morgan fingerprint density at radius 1 is 0.444 bits per heavy atom. The lowest BCUT2D eigenvalue weighted by Gasteiger charge is -2.07. The van der Waals surface area contributed by atoms with Crippen LogP contribution in [0.25, 0.3) is 0 Å². The minimum Gasteiger partial charge on any atom is -0.481 e. The number of carbonyl (C=O) groups excluding carboxylic acids is 4. The van der Waals surface area contributed by atoms with Crippen LogP contribution in [0.2, 0.25) is 0 Å². The Balaban J connectivity index is 3.40. The first-order valence-electron chi connectivity index (χ1n) is 13.6. The molecule has 36 heavy (non-hydrogen) atoms. The molecule has 10 nitrogen and oxygen atoms in total. The molecule has 0 aromatic carbocycles. The van der Waals surface area contributed by atoms with Crippen molar-refractivity contribution in [3.63, 3.8) is 0 Å². The summed E-state index contributed by atoms with van der Waals surface area (Å²) in [6, 6.07) is 0. The number of carbonyl (C=O) groups is 5. The highest BCUT2D eigenvalue weighted by molar-refractivity contribution is 5.76. The average molecular weight is 513 g/mol. The zero-order valence-electron chi connectivity index (χ0n) is 22.1. The van der Waals surface area contributed by atoms with Crippen LogP contribution in [0.4, 0.5) is 0 Å². The van der Waals surface area contributed by atoms with E-state index in [1.807, 2.05) is 0 Å². The van der Waals surface area contributed by atoms with E-state index in [2.05, 4.69) is 21.3 Å². The van der Waals surface area contributed by atoms with Gasteiger partial charge in [0.1, 0.15) is 0 Å². The molecule has 0 aromatic rings. The fourth-order valence-corrected chi connectivity index (χ4v) is 3.55. The zero-order valence-corrected chi connectivity index (χ0v) is 22.1. The van der Waals surface area contributed by atoms with E-state index in [4.69, 9.17) is 5.11 Å².